The van der Waals surface area contributed by atoms with Gasteiger partial charge in [-0.1, -0.05) is 34.6 Å². The van der Waals surface area contributed by atoms with Crippen molar-refractivity contribution in [3.05, 3.63) is 0 Å². The van der Waals surface area contributed by atoms with E-state index in [1.54, 1.807) is 0 Å². The number of carbonyl (C=O) groups excluding carboxylic acids is 1. The van der Waals surface area contributed by atoms with Gasteiger partial charge < -0.3 is 5.32 Å². The molecule has 0 aromatic heterocycles. The lowest BCUT2D eigenvalue weighted by Crippen LogP contribution is -2.40. The van der Waals surface area contributed by atoms with Crippen molar-refractivity contribution in [1.29, 1.82) is 5.26 Å². The Morgan fingerprint density at radius 3 is 2.06 bits per heavy atom. The molecular weight excluding hydrogens is 200 g/mol. The zero-order chi connectivity index (χ0) is 12.8. The molecule has 92 valence electrons. The Morgan fingerprint density at radius 1 is 1.25 bits per heavy atom. The average molecular weight is 224 g/mol. The molecule has 3 heteroatoms. The van der Waals surface area contributed by atoms with Gasteiger partial charge in [0.2, 0.25) is 5.91 Å². The van der Waals surface area contributed by atoms with Crippen LogP contribution >= 0.6 is 0 Å². The van der Waals surface area contributed by atoms with E-state index in [1.807, 2.05) is 13.8 Å². The van der Waals surface area contributed by atoms with Crippen LogP contribution in [0.2, 0.25) is 0 Å². The fourth-order valence-corrected chi connectivity index (χ4v) is 1.50. The molecule has 1 amide bonds. The largest absolute Gasteiger partial charge is 0.355 e. The van der Waals surface area contributed by atoms with E-state index < -0.39 is 5.41 Å². The lowest BCUT2D eigenvalue weighted by molar-refractivity contribution is -0.128. The monoisotopic (exact) mass is 224 g/mol. The van der Waals surface area contributed by atoms with Gasteiger partial charge in [-0.25, -0.2) is 0 Å². The number of nitrogens with one attached hydrogen (secondary N) is 1. The van der Waals surface area contributed by atoms with Gasteiger partial charge in [0.15, 0.2) is 0 Å². The minimum atomic E-state index is -0.835. The second kappa shape index (κ2) is 5.89. The number of rotatable bonds is 5. The third-order valence-corrected chi connectivity index (χ3v) is 3.02. The Hall–Kier alpha value is -1.04. The van der Waals surface area contributed by atoms with Crippen LogP contribution in [0.15, 0.2) is 0 Å². The molecule has 0 aromatic rings. The lowest BCUT2D eigenvalue weighted by atomic mass is 9.83. The molecule has 1 N–H and O–H groups in total. The molecule has 0 aliphatic carbocycles. The predicted molar refractivity (Wildman–Crippen MR) is 65.7 cm³/mol. The topological polar surface area (TPSA) is 52.9 Å². The van der Waals surface area contributed by atoms with Gasteiger partial charge in [-0.15, -0.1) is 0 Å². The van der Waals surface area contributed by atoms with Crippen molar-refractivity contribution in [2.45, 2.75) is 53.9 Å². The summed E-state index contributed by atoms with van der Waals surface area (Å²) in [6, 6.07) is 2.15. The Labute approximate surface area is 99.2 Å². The van der Waals surface area contributed by atoms with Crippen LogP contribution < -0.4 is 5.32 Å². The number of nitrogens with zero attached hydrogens (tertiary/aromatic N) is 1. The zero-order valence-corrected chi connectivity index (χ0v) is 11.2. The normalized spacial score (nSPS) is 12.0. The summed E-state index contributed by atoms with van der Waals surface area (Å²) >= 11 is 0. The summed E-state index contributed by atoms with van der Waals surface area (Å²) in [4.78, 5) is 11.9. The zero-order valence-electron chi connectivity index (χ0n) is 11.2. The molecule has 0 rings (SSSR count). The van der Waals surface area contributed by atoms with Crippen LogP contribution in [0, 0.1) is 22.2 Å². The summed E-state index contributed by atoms with van der Waals surface area (Å²) in [6.07, 6.45) is 2.07. The molecule has 0 saturated heterocycles. The van der Waals surface area contributed by atoms with E-state index >= 15 is 0 Å². The van der Waals surface area contributed by atoms with Crippen LogP contribution in [-0.2, 0) is 4.79 Å². The van der Waals surface area contributed by atoms with Crippen molar-refractivity contribution in [2.75, 3.05) is 6.54 Å². The molecule has 0 aliphatic rings. The van der Waals surface area contributed by atoms with E-state index in [0.717, 1.165) is 6.42 Å². The first-order chi connectivity index (χ1) is 7.31. The number of nitriles is 1. The number of hydrogen-bond acceptors (Lipinski definition) is 2. The molecule has 0 aliphatic heterocycles. The van der Waals surface area contributed by atoms with E-state index in [0.29, 0.717) is 19.4 Å². The van der Waals surface area contributed by atoms with Crippen molar-refractivity contribution in [3.8, 4) is 6.07 Å². The predicted octanol–water partition coefficient (Wildman–Crippen LogP) is 2.87. The van der Waals surface area contributed by atoms with Gasteiger partial charge in [0.25, 0.3) is 0 Å². The van der Waals surface area contributed by atoms with Crippen LogP contribution in [0.25, 0.3) is 0 Å². The molecule has 0 unspecified atom stereocenters. The fourth-order valence-electron chi connectivity index (χ4n) is 1.50. The maximum atomic E-state index is 11.9. The minimum Gasteiger partial charge on any atom is -0.355 e. The Kier molecular flexibility index (Phi) is 5.50. The summed E-state index contributed by atoms with van der Waals surface area (Å²) in [6.45, 7) is 10.8. The van der Waals surface area contributed by atoms with Gasteiger partial charge in [0.05, 0.1) is 6.07 Å². The minimum absolute atomic E-state index is 0.121. The van der Waals surface area contributed by atoms with Gasteiger partial charge in [0, 0.05) is 6.54 Å². The maximum Gasteiger partial charge on any atom is 0.240 e. The SMILES string of the molecule is CCC(C#N)(CC)C(=O)NCCC(C)(C)C. The highest BCUT2D eigenvalue weighted by atomic mass is 16.2. The number of carbonyl (C=O) groups is 1. The van der Waals surface area contributed by atoms with Crippen molar-refractivity contribution >= 4 is 5.91 Å². The Morgan fingerprint density at radius 2 is 1.75 bits per heavy atom. The molecular formula is C13H24N2O. The third-order valence-electron chi connectivity index (χ3n) is 3.02. The number of amides is 1. The second-order valence-electron chi connectivity index (χ2n) is 5.47. The van der Waals surface area contributed by atoms with E-state index in [4.69, 9.17) is 5.26 Å². The molecule has 16 heavy (non-hydrogen) atoms. The molecule has 0 radical (unpaired) electrons. The second-order valence-corrected chi connectivity index (χ2v) is 5.47. The molecule has 0 bridgehead atoms. The van der Waals surface area contributed by atoms with Gasteiger partial charge in [-0.05, 0) is 24.7 Å². The van der Waals surface area contributed by atoms with Crippen molar-refractivity contribution in [2.24, 2.45) is 10.8 Å². The maximum absolute atomic E-state index is 11.9. The van der Waals surface area contributed by atoms with Gasteiger partial charge in [-0.3, -0.25) is 4.79 Å². The summed E-state index contributed by atoms with van der Waals surface area (Å²) in [5, 5.41) is 12.0. The standard InChI is InChI=1S/C13H24N2O/c1-6-13(7-2,10-14)11(16)15-9-8-12(3,4)5/h6-9H2,1-5H3,(H,15,16). The van der Waals surface area contributed by atoms with Crippen molar-refractivity contribution < 1.29 is 4.79 Å². The van der Waals surface area contributed by atoms with Crippen molar-refractivity contribution in [3.63, 3.8) is 0 Å². The highest BCUT2D eigenvalue weighted by Gasteiger charge is 2.34. The van der Waals surface area contributed by atoms with E-state index in [1.165, 1.54) is 0 Å². The van der Waals surface area contributed by atoms with Crippen LogP contribution in [0.5, 0.6) is 0 Å². The van der Waals surface area contributed by atoms with Crippen LogP contribution in [0.1, 0.15) is 53.9 Å². The number of hydrogen-bond donors (Lipinski definition) is 1. The third kappa shape index (κ3) is 4.22. The Bertz CT molecular complexity index is 267. The van der Waals surface area contributed by atoms with Crippen molar-refractivity contribution in [1.82, 2.24) is 5.32 Å². The lowest BCUT2D eigenvalue weighted by Gasteiger charge is -2.24. The highest BCUT2D eigenvalue weighted by Crippen LogP contribution is 2.25. The molecule has 0 fully saturated rings. The molecule has 0 saturated carbocycles. The van der Waals surface area contributed by atoms with Crippen LogP contribution in [0.3, 0.4) is 0 Å². The Balaban J connectivity index is 4.30. The van der Waals surface area contributed by atoms with Gasteiger partial charge in [0.1, 0.15) is 5.41 Å². The molecule has 0 spiro atoms. The van der Waals surface area contributed by atoms with E-state index in [9.17, 15) is 4.79 Å². The van der Waals surface area contributed by atoms with Gasteiger partial charge >= 0.3 is 0 Å². The summed E-state index contributed by atoms with van der Waals surface area (Å²) in [7, 11) is 0. The summed E-state index contributed by atoms with van der Waals surface area (Å²) in [5.41, 5.74) is -0.626. The van der Waals surface area contributed by atoms with E-state index in [-0.39, 0.29) is 11.3 Å². The first kappa shape index (κ1) is 15.0. The summed E-state index contributed by atoms with van der Waals surface area (Å²) in [5.74, 6) is -0.121. The first-order valence-corrected chi connectivity index (χ1v) is 6.01. The fraction of sp³-hybridized carbons (Fsp3) is 0.846. The average Bonchev–Trinajstić information content (AvgIpc) is 2.19. The first-order valence-electron chi connectivity index (χ1n) is 6.01. The molecule has 3 nitrogen and oxygen atoms in total. The summed E-state index contributed by atoms with van der Waals surface area (Å²) < 4.78 is 0. The molecule has 0 heterocycles. The van der Waals surface area contributed by atoms with Crippen LogP contribution in [0.4, 0.5) is 0 Å². The smallest absolute Gasteiger partial charge is 0.240 e. The van der Waals surface area contributed by atoms with Gasteiger partial charge in [-0.2, -0.15) is 5.26 Å². The quantitative estimate of drug-likeness (QED) is 0.780. The highest BCUT2D eigenvalue weighted by molar-refractivity contribution is 5.85. The van der Waals surface area contributed by atoms with E-state index in [2.05, 4.69) is 32.2 Å². The molecule has 0 atom stereocenters. The molecule has 0 aromatic carbocycles. The van der Waals surface area contributed by atoms with Crippen LogP contribution in [-0.4, -0.2) is 12.5 Å².